The number of rotatable bonds is 6. The van der Waals surface area contributed by atoms with Crippen molar-refractivity contribution in [2.45, 2.75) is 26.9 Å². The van der Waals surface area contributed by atoms with E-state index in [1.165, 1.54) is 12.1 Å². The molecule has 2 aromatic heterocycles. The van der Waals surface area contributed by atoms with Gasteiger partial charge in [-0.3, -0.25) is 14.6 Å². The summed E-state index contributed by atoms with van der Waals surface area (Å²) in [6.45, 7) is 5.80. The fraction of sp³-hybridized carbons (Fsp3) is 0.278. The van der Waals surface area contributed by atoms with Gasteiger partial charge in [0.05, 0.1) is 11.9 Å². The van der Waals surface area contributed by atoms with Crippen LogP contribution in [-0.4, -0.2) is 37.3 Å². The predicted molar refractivity (Wildman–Crippen MR) is 92.3 cm³/mol. The summed E-state index contributed by atoms with van der Waals surface area (Å²) in [6, 6.07) is 7.70. The van der Waals surface area contributed by atoms with E-state index in [1.54, 1.807) is 29.3 Å². The number of nitrogens with zero attached hydrogens (tertiary/aromatic N) is 4. The monoisotopic (exact) mass is 341 g/mol. The topological polar surface area (TPSA) is 66.8 Å². The number of amides is 1. The zero-order valence-corrected chi connectivity index (χ0v) is 14.2. The van der Waals surface area contributed by atoms with Gasteiger partial charge in [0.15, 0.2) is 0 Å². The first-order valence-electron chi connectivity index (χ1n) is 8.22. The lowest BCUT2D eigenvalue weighted by Crippen LogP contribution is -2.30. The number of aromatic nitrogens is 4. The summed E-state index contributed by atoms with van der Waals surface area (Å²) < 4.78 is 14.9. The van der Waals surface area contributed by atoms with Crippen LogP contribution in [0.4, 0.5) is 4.39 Å². The Bertz CT molecular complexity index is 852. The number of carbonyl (C=O) groups excluding carboxylic acids is 1. The summed E-state index contributed by atoms with van der Waals surface area (Å²) in [5, 5.41) is 11.2. The predicted octanol–water partition coefficient (Wildman–Crippen LogP) is 3.09. The highest BCUT2D eigenvalue weighted by Gasteiger charge is 2.18. The lowest BCUT2D eigenvalue weighted by atomic mass is 10.1. The van der Waals surface area contributed by atoms with Crippen molar-refractivity contribution in [2.75, 3.05) is 6.54 Å². The summed E-state index contributed by atoms with van der Waals surface area (Å²) in [5.41, 5.74) is 2.75. The highest BCUT2D eigenvalue weighted by Crippen LogP contribution is 2.19. The number of aromatic amines is 1. The number of hydrogen-bond donors (Lipinski definition) is 1. The molecule has 6 nitrogen and oxygen atoms in total. The first kappa shape index (κ1) is 16.9. The highest BCUT2D eigenvalue weighted by molar-refractivity contribution is 5.93. The Morgan fingerprint density at radius 3 is 2.68 bits per heavy atom. The Labute approximate surface area is 145 Å². The molecule has 0 radical (unpaired) electrons. The molecule has 0 atom stereocenters. The molecule has 1 amide bonds. The van der Waals surface area contributed by atoms with Crippen molar-refractivity contribution < 1.29 is 9.18 Å². The fourth-order valence-electron chi connectivity index (χ4n) is 2.58. The lowest BCUT2D eigenvalue weighted by molar-refractivity contribution is 0.0746. The standard InChI is InChI=1S/C18H20FN5O/c1-3-23(11-13-10-20-24(4-2)12-13)18(25)17-9-16(21-22-17)14-5-7-15(19)8-6-14/h5-10,12H,3-4,11H2,1-2H3,(H,21,22). The van der Waals surface area contributed by atoms with Gasteiger partial charge >= 0.3 is 0 Å². The minimum atomic E-state index is -0.305. The molecule has 0 spiro atoms. The molecule has 0 saturated carbocycles. The van der Waals surface area contributed by atoms with Crippen LogP contribution in [0.2, 0.25) is 0 Å². The molecule has 130 valence electrons. The summed E-state index contributed by atoms with van der Waals surface area (Å²) in [7, 11) is 0. The third kappa shape index (κ3) is 3.76. The Hall–Kier alpha value is -2.96. The van der Waals surface area contributed by atoms with Crippen molar-refractivity contribution in [3.8, 4) is 11.3 Å². The Balaban J connectivity index is 1.75. The van der Waals surface area contributed by atoms with Gasteiger partial charge in [0.25, 0.3) is 5.91 Å². The van der Waals surface area contributed by atoms with Gasteiger partial charge in [-0.2, -0.15) is 10.2 Å². The van der Waals surface area contributed by atoms with Gasteiger partial charge in [-0.15, -0.1) is 0 Å². The van der Waals surface area contributed by atoms with Crippen LogP contribution >= 0.6 is 0 Å². The molecule has 0 aliphatic rings. The van der Waals surface area contributed by atoms with Crippen LogP contribution in [0.1, 0.15) is 29.9 Å². The third-order valence-corrected chi connectivity index (χ3v) is 4.00. The molecular formula is C18H20FN5O. The zero-order valence-electron chi connectivity index (χ0n) is 14.2. The van der Waals surface area contributed by atoms with Crippen molar-refractivity contribution in [1.29, 1.82) is 0 Å². The fourth-order valence-corrected chi connectivity index (χ4v) is 2.58. The molecule has 0 bridgehead atoms. The van der Waals surface area contributed by atoms with Crippen LogP contribution in [0, 0.1) is 5.82 Å². The molecule has 1 N–H and O–H groups in total. The Morgan fingerprint density at radius 1 is 1.28 bits per heavy atom. The zero-order chi connectivity index (χ0) is 17.8. The van der Waals surface area contributed by atoms with Gasteiger partial charge < -0.3 is 4.90 Å². The first-order valence-corrected chi connectivity index (χ1v) is 8.22. The van der Waals surface area contributed by atoms with E-state index in [4.69, 9.17) is 0 Å². The quantitative estimate of drug-likeness (QED) is 0.749. The second kappa shape index (κ2) is 7.29. The summed E-state index contributed by atoms with van der Waals surface area (Å²) >= 11 is 0. The van der Waals surface area contributed by atoms with Gasteiger partial charge in [0, 0.05) is 37.0 Å². The van der Waals surface area contributed by atoms with E-state index >= 15 is 0 Å². The smallest absolute Gasteiger partial charge is 0.272 e. The van der Waals surface area contributed by atoms with Gasteiger partial charge in [-0.1, -0.05) is 0 Å². The number of hydrogen-bond acceptors (Lipinski definition) is 3. The molecule has 0 aliphatic heterocycles. The number of carbonyl (C=O) groups is 1. The number of H-pyrrole nitrogens is 1. The second-order valence-corrected chi connectivity index (χ2v) is 5.70. The molecule has 3 aromatic rings. The Kier molecular flexibility index (Phi) is 4.92. The Morgan fingerprint density at radius 2 is 2.04 bits per heavy atom. The van der Waals surface area contributed by atoms with Crippen LogP contribution in [-0.2, 0) is 13.1 Å². The van der Waals surface area contributed by atoms with E-state index in [9.17, 15) is 9.18 Å². The normalized spacial score (nSPS) is 10.8. The van der Waals surface area contributed by atoms with Crippen LogP contribution in [0.25, 0.3) is 11.3 Å². The van der Waals surface area contributed by atoms with E-state index in [-0.39, 0.29) is 11.7 Å². The molecule has 25 heavy (non-hydrogen) atoms. The number of nitrogens with one attached hydrogen (secondary N) is 1. The molecule has 0 unspecified atom stereocenters. The third-order valence-electron chi connectivity index (χ3n) is 4.00. The molecule has 0 aliphatic carbocycles. The summed E-state index contributed by atoms with van der Waals surface area (Å²) in [4.78, 5) is 14.4. The number of aryl methyl sites for hydroxylation is 1. The average Bonchev–Trinajstić information content (AvgIpc) is 3.29. The van der Waals surface area contributed by atoms with E-state index in [2.05, 4.69) is 15.3 Å². The minimum Gasteiger partial charge on any atom is -0.333 e. The lowest BCUT2D eigenvalue weighted by Gasteiger charge is -2.19. The number of benzene rings is 1. The van der Waals surface area contributed by atoms with Crippen LogP contribution in [0.15, 0.2) is 42.7 Å². The maximum absolute atomic E-state index is 13.0. The van der Waals surface area contributed by atoms with E-state index < -0.39 is 0 Å². The molecule has 7 heteroatoms. The molecule has 3 rings (SSSR count). The largest absolute Gasteiger partial charge is 0.333 e. The maximum atomic E-state index is 13.0. The van der Waals surface area contributed by atoms with Crippen molar-refractivity contribution in [2.24, 2.45) is 0 Å². The van der Waals surface area contributed by atoms with Gasteiger partial charge in [-0.25, -0.2) is 4.39 Å². The van der Waals surface area contributed by atoms with Crippen molar-refractivity contribution >= 4 is 5.91 Å². The molecule has 0 fully saturated rings. The van der Waals surface area contributed by atoms with Crippen LogP contribution in [0.5, 0.6) is 0 Å². The van der Waals surface area contributed by atoms with Gasteiger partial charge in [0.2, 0.25) is 0 Å². The number of halogens is 1. The van der Waals surface area contributed by atoms with Crippen LogP contribution < -0.4 is 0 Å². The summed E-state index contributed by atoms with van der Waals surface area (Å²) in [6.07, 6.45) is 3.71. The highest BCUT2D eigenvalue weighted by atomic mass is 19.1. The average molecular weight is 341 g/mol. The van der Waals surface area contributed by atoms with Crippen molar-refractivity contribution in [3.63, 3.8) is 0 Å². The SMILES string of the molecule is CCN(Cc1cnn(CC)c1)C(=O)c1cc(-c2ccc(F)cc2)n[nH]1. The molecule has 0 saturated heterocycles. The van der Waals surface area contributed by atoms with Crippen molar-refractivity contribution in [3.05, 3.63) is 59.8 Å². The summed E-state index contributed by atoms with van der Waals surface area (Å²) in [5.74, 6) is -0.437. The first-order chi connectivity index (χ1) is 12.1. The minimum absolute atomic E-state index is 0.132. The van der Waals surface area contributed by atoms with Crippen LogP contribution in [0.3, 0.4) is 0 Å². The maximum Gasteiger partial charge on any atom is 0.272 e. The molecule has 2 heterocycles. The molecule has 1 aromatic carbocycles. The van der Waals surface area contributed by atoms with E-state index in [1.807, 2.05) is 24.7 Å². The van der Waals surface area contributed by atoms with E-state index in [0.717, 1.165) is 17.7 Å². The van der Waals surface area contributed by atoms with Gasteiger partial charge in [-0.05, 0) is 44.2 Å². The molecular weight excluding hydrogens is 321 g/mol. The van der Waals surface area contributed by atoms with E-state index in [0.29, 0.717) is 24.5 Å². The second-order valence-electron chi connectivity index (χ2n) is 5.70. The van der Waals surface area contributed by atoms with Gasteiger partial charge in [0.1, 0.15) is 11.5 Å². The van der Waals surface area contributed by atoms with Crippen molar-refractivity contribution in [1.82, 2.24) is 24.9 Å².